The van der Waals surface area contributed by atoms with E-state index in [-0.39, 0.29) is 16.8 Å². The number of amides is 2. The van der Waals surface area contributed by atoms with Gasteiger partial charge >= 0.3 is 0 Å². The molecule has 0 unspecified atom stereocenters. The van der Waals surface area contributed by atoms with E-state index in [1.165, 1.54) is 25.2 Å². The molecule has 7 nitrogen and oxygen atoms in total. The molecular weight excluding hydrogens is 496 g/mol. The van der Waals surface area contributed by atoms with Crippen LogP contribution in [-0.4, -0.2) is 37.3 Å². The number of hydrogen-bond donors (Lipinski definition) is 1. The Morgan fingerprint density at radius 2 is 1.88 bits per heavy atom. The minimum absolute atomic E-state index is 0.0286. The van der Waals surface area contributed by atoms with E-state index in [1.54, 1.807) is 36.4 Å². The van der Waals surface area contributed by atoms with Gasteiger partial charge in [-0.3, -0.25) is 14.9 Å². The average Bonchev–Trinajstić information content (AvgIpc) is 2.78. The van der Waals surface area contributed by atoms with Crippen LogP contribution in [0, 0.1) is 0 Å². The van der Waals surface area contributed by atoms with Gasteiger partial charge in [0.1, 0.15) is 22.8 Å². The Hall–Kier alpha value is -2.91. The van der Waals surface area contributed by atoms with E-state index in [9.17, 15) is 9.59 Å². The Morgan fingerprint density at radius 3 is 2.50 bits per heavy atom. The molecule has 0 bridgehead atoms. The minimum Gasteiger partial charge on any atom is -0.497 e. The fourth-order valence-electron chi connectivity index (χ4n) is 3.02. The predicted octanol–water partition coefficient (Wildman–Crippen LogP) is 4.47. The third kappa shape index (κ3) is 4.94. The molecule has 2 aromatic carbocycles. The summed E-state index contributed by atoms with van der Waals surface area (Å²) < 4.78 is 17.2. The number of nitrogens with zero attached hydrogens (tertiary/aromatic N) is 1. The van der Waals surface area contributed by atoms with E-state index in [2.05, 4.69) is 21.2 Å². The van der Waals surface area contributed by atoms with Gasteiger partial charge in [0.15, 0.2) is 5.11 Å². The van der Waals surface area contributed by atoms with E-state index in [0.29, 0.717) is 28.5 Å². The van der Waals surface area contributed by atoms with Crippen molar-refractivity contribution in [1.29, 1.82) is 0 Å². The fourth-order valence-corrected chi connectivity index (χ4v) is 3.78. The van der Waals surface area contributed by atoms with Crippen molar-refractivity contribution in [3.05, 3.63) is 52.0 Å². The minimum atomic E-state index is -0.570. The summed E-state index contributed by atoms with van der Waals surface area (Å²) in [7, 11) is 3.01. The normalized spacial score (nSPS) is 16.1. The lowest BCUT2D eigenvalue weighted by atomic mass is 10.1. The number of hydrogen-bond acceptors (Lipinski definition) is 6. The van der Waals surface area contributed by atoms with Crippen LogP contribution in [0.1, 0.15) is 25.8 Å². The number of carbonyl (C=O) groups is 2. The number of methoxy groups -OCH3 is 2. The first kappa shape index (κ1) is 23.7. The maximum atomic E-state index is 13.3. The average molecular weight is 519 g/mol. The number of ether oxygens (including phenoxy) is 3. The van der Waals surface area contributed by atoms with Gasteiger partial charge in [-0.05, 0) is 77.4 Å². The second kappa shape index (κ2) is 10.1. The topological polar surface area (TPSA) is 77.1 Å². The standard InChI is InChI=1S/C23H23BrN2O5S/c1-5-13(2)31-19-9-6-14(11-17(19)24)10-16-21(27)25-23(32)26(22(16)28)18-8-7-15(29-3)12-20(18)30-4/h6-13H,5H2,1-4H3,(H,25,27,32)/b16-10+/t13-/m0/s1. The largest absolute Gasteiger partial charge is 0.497 e. The predicted molar refractivity (Wildman–Crippen MR) is 130 cm³/mol. The van der Waals surface area contributed by atoms with Crippen molar-refractivity contribution in [3.8, 4) is 17.2 Å². The van der Waals surface area contributed by atoms with Crippen molar-refractivity contribution < 1.29 is 23.8 Å². The highest BCUT2D eigenvalue weighted by Crippen LogP contribution is 2.35. The number of anilines is 1. The highest BCUT2D eigenvalue weighted by molar-refractivity contribution is 9.10. The van der Waals surface area contributed by atoms with E-state index >= 15 is 0 Å². The smallest absolute Gasteiger partial charge is 0.270 e. The van der Waals surface area contributed by atoms with Gasteiger partial charge in [0.25, 0.3) is 11.8 Å². The van der Waals surface area contributed by atoms with Crippen molar-refractivity contribution in [3.63, 3.8) is 0 Å². The second-order valence-electron chi connectivity index (χ2n) is 7.02. The molecule has 1 atom stereocenters. The van der Waals surface area contributed by atoms with Gasteiger partial charge < -0.3 is 14.2 Å². The molecule has 1 aliphatic heterocycles. The van der Waals surface area contributed by atoms with Gasteiger partial charge in [-0.2, -0.15) is 0 Å². The number of carbonyl (C=O) groups excluding carboxylic acids is 2. The first-order valence-corrected chi connectivity index (χ1v) is 11.1. The van der Waals surface area contributed by atoms with Crippen LogP contribution in [0.2, 0.25) is 0 Å². The van der Waals surface area contributed by atoms with Crippen molar-refractivity contribution in [1.82, 2.24) is 5.32 Å². The maximum absolute atomic E-state index is 13.3. The molecule has 0 aliphatic carbocycles. The number of halogens is 1. The Bertz CT molecular complexity index is 1100. The van der Waals surface area contributed by atoms with Gasteiger partial charge in [-0.1, -0.05) is 13.0 Å². The van der Waals surface area contributed by atoms with Gasteiger partial charge in [0.05, 0.1) is 30.5 Å². The summed E-state index contributed by atoms with van der Waals surface area (Å²) in [5.74, 6) is 0.500. The third-order valence-corrected chi connectivity index (χ3v) is 5.80. The molecule has 1 saturated heterocycles. The van der Waals surface area contributed by atoms with E-state index < -0.39 is 11.8 Å². The van der Waals surface area contributed by atoms with Crippen LogP contribution in [0.3, 0.4) is 0 Å². The number of thiocarbonyl (C=S) groups is 1. The van der Waals surface area contributed by atoms with Crippen LogP contribution in [0.25, 0.3) is 6.08 Å². The van der Waals surface area contributed by atoms with Crippen LogP contribution in [0.4, 0.5) is 5.69 Å². The number of nitrogens with one attached hydrogen (secondary N) is 1. The molecule has 1 fully saturated rings. The molecule has 3 rings (SSSR count). The molecule has 0 saturated carbocycles. The van der Waals surface area contributed by atoms with Crippen molar-refractivity contribution in [2.75, 3.05) is 19.1 Å². The molecule has 0 spiro atoms. The van der Waals surface area contributed by atoms with E-state index in [4.69, 9.17) is 26.4 Å². The number of rotatable bonds is 7. The third-order valence-electron chi connectivity index (χ3n) is 4.90. The summed E-state index contributed by atoms with van der Waals surface area (Å²) in [6.45, 7) is 4.02. The summed E-state index contributed by atoms with van der Waals surface area (Å²) in [6, 6.07) is 10.3. The second-order valence-corrected chi connectivity index (χ2v) is 8.26. The van der Waals surface area contributed by atoms with Crippen LogP contribution >= 0.6 is 28.1 Å². The van der Waals surface area contributed by atoms with Crippen LogP contribution in [0.5, 0.6) is 17.2 Å². The summed E-state index contributed by atoms with van der Waals surface area (Å²) in [6.07, 6.45) is 2.45. The first-order valence-electron chi connectivity index (χ1n) is 9.88. The molecule has 0 aromatic heterocycles. The Morgan fingerprint density at radius 1 is 1.12 bits per heavy atom. The lowest BCUT2D eigenvalue weighted by molar-refractivity contribution is -0.122. The molecule has 2 amide bonds. The summed E-state index contributed by atoms with van der Waals surface area (Å²) in [5.41, 5.74) is 0.994. The molecule has 0 radical (unpaired) electrons. The van der Waals surface area contributed by atoms with Gasteiger partial charge in [0, 0.05) is 6.07 Å². The lowest BCUT2D eigenvalue weighted by Crippen LogP contribution is -2.54. The molecular formula is C23H23BrN2O5S. The highest BCUT2D eigenvalue weighted by atomic mass is 79.9. The maximum Gasteiger partial charge on any atom is 0.270 e. The first-order chi connectivity index (χ1) is 15.3. The van der Waals surface area contributed by atoms with E-state index in [0.717, 1.165) is 10.9 Å². The fraction of sp³-hybridized carbons (Fsp3) is 0.261. The molecule has 1 heterocycles. The Kier molecular flexibility index (Phi) is 7.52. The summed E-state index contributed by atoms with van der Waals surface area (Å²) >= 11 is 8.77. The highest BCUT2D eigenvalue weighted by Gasteiger charge is 2.36. The monoisotopic (exact) mass is 518 g/mol. The lowest BCUT2D eigenvalue weighted by Gasteiger charge is -2.30. The molecule has 9 heteroatoms. The molecule has 1 N–H and O–H groups in total. The van der Waals surface area contributed by atoms with Gasteiger partial charge in [-0.15, -0.1) is 0 Å². The van der Waals surface area contributed by atoms with Gasteiger partial charge in [-0.25, -0.2) is 4.90 Å². The van der Waals surface area contributed by atoms with Crippen molar-refractivity contribution in [2.24, 2.45) is 0 Å². The summed E-state index contributed by atoms with van der Waals surface area (Å²) in [5, 5.41) is 2.55. The SMILES string of the molecule is CC[C@H](C)Oc1ccc(/C=C2\C(=O)NC(=S)N(c3ccc(OC)cc3OC)C2=O)cc1Br. The van der Waals surface area contributed by atoms with Crippen LogP contribution in [0.15, 0.2) is 46.4 Å². The van der Waals surface area contributed by atoms with Crippen LogP contribution < -0.4 is 24.4 Å². The molecule has 2 aromatic rings. The van der Waals surface area contributed by atoms with E-state index in [1.807, 2.05) is 13.8 Å². The van der Waals surface area contributed by atoms with Crippen LogP contribution in [-0.2, 0) is 9.59 Å². The quantitative estimate of drug-likeness (QED) is 0.331. The van der Waals surface area contributed by atoms with Crippen molar-refractivity contribution >= 4 is 56.8 Å². The molecule has 32 heavy (non-hydrogen) atoms. The zero-order valence-electron chi connectivity index (χ0n) is 18.1. The van der Waals surface area contributed by atoms with Gasteiger partial charge in [0.2, 0.25) is 0 Å². The Labute approximate surface area is 200 Å². The zero-order valence-corrected chi connectivity index (χ0v) is 20.5. The molecule has 168 valence electrons. The Balaban J connectivity index is 1.97. The van der Waals surface area contributed by atoms with Crippen molar-refractivity contribution in [2.45, 2.75) is 26.4 Å². The summed E-state index contributed by atoms with van der Waals surface area (Å²) in [4.78, 5) is 27.1. The number of benzene rings is 2. The zero-order chi connectivity index (χ0) is 23.4. The molecule has 1 aliphatic rings.